The van der Waals surface area contributed by atoms with Gasteiger partial charge >= 0.3 is 6.18 Å². The molecule has 2 aliphatic rings. The van der Waals surface area contributed by atoms with E-state index in [0.29, 0.717) is 6.07 Å². The highest BCUT2D eigenvalue weighted by Crippen LogP contribution is 2.51. The van der Waals surface area contributed by atoms with Gasteiger partial charge in [-0.05, 0) is 18.2 Å². The third-order valence-electron chi connectivity index (χ3n) is 5.67. The molecule has 8 nitrogen and oxygen atoms in total. The van der Waals surface area contributed by atoms with Gasteiger partial charge in [0.1, 0.15) is 23.7 Å². The molecule has 1 aromatic carbocycles. The second kappa shape index (κ2) is 8.38. The first-order valence-corrected chi connectivity index (χ1v) is 9.95. The van der Waals surface area contributed by atoms with Crippen LogP contribution in [-0.4, -0.2) is 49.5 Å². The van der Waals surface area contributed by atoms with Crippen molar-refractivity contribution in [1.82, 2.24) is 4.98 Å². The van der Waals surface area contributed by atoms with E-state index in [2.05, 4.69) is 20.0 Å². The van der Waals surface area contributed by atoms with Crippen molar-refractivity contribution in [3.05, 3.63) is 53.4 Å². The van der Waals surface area contributed by atoms with Crippen LogP contribution in [0.15, 0.2) is 35.5 Å². The lowest BCUT2D eigenvalue weighted by molar-refractivity contribution is -0.153. The number of nitrogens with two attached hydrogens (primary N) is 1. The minimum Gasteiger partial charge on any atom is -0.482 e. The third-order valence-corrected chi connectivity index (χ3v) is 5.67. The quantitative estimate of drug-likeness (QED) is 0.629. The molecule has 182 valence electrons. The molecule has 0 spiro atoms. The highest BCUT2D eigenvalue weighted by molar-refractivity contribution is 6.03. The number of anilines is 1. The Hall–Kier alpha value is -3.48. The number of benzene rings is 1. The predicted octanol–water partition coefficient (Wildman–Crippen LogP) is 3.13. The number of hydrogen-bond donors (Lipinski definition) is 2. The van der Waals surface area contributed by atoms with Crippen molar-refractivity contribution in [2.75, 3.05) is 31.7 Å². The molecule has 0 bridgehead atoms. The standard InChI is InChI=1S/C21H19F5N4O4/c1-19-7-32-9-20(19,30-18(27)34-8-19)13-4-11(2-3-14(13)22)29-17(31)16-15(23)5-12(6-28-16)33-10-21(24,25)26/h2-6H,7-10H2,1H3,(H2,27,30)(H,29,31). The van der Waals surface area contributed by atoms with Gasteiger partial charge in [-0.15, -0.1) is 0 Å². The van der Waals surface area contributed by atoms with Gasteiger partial charge in [-0.2, -0.15) is 13.2 Å². The van der Waals surface area contributed by atoms with Crippen LogP contribution >= 0.6 is 0 Å². The molecule has 4 rings (SSSR count). The number of halogens is 5. The zero-order valence-corrected chi connectivity index (χ0v) is 17.7. The second-order valence-electron chi connectivity index (χ2n) is 8.21. The van der Waals surface area contributed by atoms with E-state index in [1.54, 1.807) is 0 Å². The zero-order valence-electron chi connectivity index (χ0n) is 17.7. The Morgan fingerprint density at radius 3 is 2.68 bits per heavy atom. The Balaban J connectivity index is 1.59. The number of pyridine rings is 1. The summed E-state index contributed by atoms with van der Waals surface area (Å²) in [5.74, 6) is -3.32. The monoisotopic (exact) mass is 486 g/mol. The molecule has 0 aliphatic carbocycles. The van der Waals surface area contributed by atoms with E-state index in [9.17, 15) is 26.7 Å². The molecule has 2 unspecified atom stereocenters. The summed E-state index contributed by atoms with van der Waals surface area (Å²) in [6.45, 7) is 0.564. The first-order chi connectivity index (χ1) is 15.9. The fourth-order valence-electron chi connectivity index (χ4n) is 3.90. The molecule has 1 amide bonds. The number of amides is 1. The number of carbonyl (C=O) groups is 1. The SMILES string of the molecule is CC12COCC1(c1cc(NC(=O)c3ncc(OCC(F)(F)F)cc3F)ccc1F)N=C(N)OC2. The van der Waals surface area contributed by atoms with Gasteiger partial charge in [0.25, 0.3) is 11.9 Å². The van der Waals surface area contributed by atoms with Crippen LogP contribution in [0.25, 0.3) is 0 Å². The smallest absolute Gasteiger partial charge is 0.422 e. The number of nitrogens with one attached hydrogen (secondary N) is 1. The number of alkyl halides is 3. The summed E-state index contributed by atoms with van der Waals surface area (Å²) in [7, 11) is 0. The molecule has 34 heavy (non-hydrogen) atoms. The molecule has 0 saturated carbocycles. The van der Waals surface area contributed by atoms with E-state index in [1.807, 2.05) is 6.92 Å². The topological polar surface area (TPSA) is 108 Å². The zero-order chi connectivity index (χ0) is 24.7. The van der Waals surface area contributed by atoms with E-state index in [4.69, 9.17) is 15.2 Å². The Kier molecular flexibility index (Phi) is 5.84. The Morgan fingerprint density at radius 2 is 1.97 bits per heavy atom. The van der Waals surface area contributed by atoms with Crippen LogP contribution in [0.2, 0.25) is 0 Å². The van der Waals surface area contributed by atoms with Gasteiger partial charge in [0.15, 0.2) is 18.1 Å². The van der Waals surface area contributed by atoms with Crippen molar-refractivity contribution in [2.45, 2.75) is 18.6 Å². The maximum absolute atomic E-state index is 14.9. The number of rotatable bonds is 5. The van der Waals surface area contributed by atoms with Gasteiger partial charge in [-0.3, -0.25) is 4.79 Å². The minimum atomic E-state index is -4.62. The molecule has 2 aromatic rings. The molecule has 13 heteroatoms. The van der Waals surface area contributed by atoms with Gasteiger partial charge in [-0.1, -0.05) is 6.92 Å². The van der Waals surface area contributed by atoms with E-state index in [-0.39, 0.29) is 37.1 Å². The number of amidine groups is 1. The van der Waals surface area contributed by atoms with E-state index in [0.717, 1.165) is 12.3 Å². The third kappa shape index (κ3) is 4.34. The minimum absolute atomic E-state index is 0.0252. The lowest BCUT2D eigenvalue weighted by Gasteiger charge is -2.42. The normalized spacial score (nSPS) is 24.1. The number of ether oxygens (including phenoxy) is 3. The van der Waals surface area contributed by atoms with Crippen molar-refractivity contribution < 1.29 is 41.0 Å². The number of fused-ring (bicyclic) bond motifs is 1. The van der Waals surface area contributed by atoms with Crippen LogP contribution in [0.4, 0.5) is 27.6 Å². The van der Waals surface area contributed by atoms with Crippen LogP contribution in [0.3, 0.4) is 0 Å². The lowest BCUT2D eigenvalue weighted by atomic mass is 9.69. The highest BCUT2D eigenvalue weighted by Gasteiger charge is 2.58. The number of carbonyl (C=O) groups excluding carboxylic acids is 1. The first kappa shape index (κ1) is 23.7. The number of aromatic nitrogens is 1. The van der Waals surface area contributed by atoms with Crippen LogP contribution in [0, 0.1) is 17.0 Å². The van der Waals surface area contributed by atoms with Crippen LogP contribution in [0.5, 0.6) is 5.75 Å². The molecule has 3 heterocycles. The average Bonchev–Trinajstić information content (AvgIpc) is 3.10. The van der Waals surface area contributed by atoms with Gasteiger partial charge in [-0.25, -0.2) is 18.8 Å². The molecule has 1 fully saturated rings. The van der Waals surface area contributed by atoms with Crippen LogP contribution in [0.1, 0.15) is 23.0 Å². The summed E-state index contributed by atoms with van der Waals surface area (Å²) in [6.07, 6.45) is -3.83. The number of hydrogen-bond acceptors (Lipinski definition) is 7. The lowest BCUT2D eigenvalue weighted by Crippen LogP contribution is -2.50. The highest BCUT2D eigenvalue weighted by atomic mass is 19.4. The molecular weight excluding hydrogens is 467 g/mol. The van der Waals surface area contributed by atoms with Crippen molar-refractivity contribution in [1.29, 1.82) is 0 Å². The van der Waals surface area contributed by atoms with E-state index in [1.165, 1.54) is 12.1 Å². The molecular formula is C21H19F5N4O4. The Bertz CT molecular complexity index is 1160. The molecule has 1 saturated heterocycles. The summed E-state index contributed by atoms with van der Waals surface area (Å²) in [6, 6.07) is 4.18. The molecule has 3 N–H and O–H groups in total. The predicted molar refractivity (Wildman–Crippen MR) is 108 cm³/mol. The largest absolute Gasteiger partial charge is 0.482 e. The molecule has 2 aliphatic heterocycles. The van der Waals surface area contributed by atoms with Crippen molar-refractivity contribution in [3.8, 4) is 5.75 Å². The fourth-order valence-corrected chi connectivity index (χ4v) is 3.90. The Labute approximate surface area is 189 Å². The Morgan fingerprint density at radius 1 is 1.21 bits per heavy atom. The van der Waals surface area contributed by atoms with Crippen LogP contribution in [-0.2, 0) is 15.0 Å². The average molecular weight is 486 g/mol. The van der Waals surface area contributed by atoms with Crippen molar-refractivity contribution in [2.24, 2.45) is 16.1 Å². The first-order valence-electron chi connectivity index (χ1n) is 9.95. The van der Waals surface area contributed by atoms with Crippen LogP contribution < -0.4 is 15.8 Å². The van der Waals surface area contributed by atoms with Gasteiger partial charge < -0.3 is 25.3 Å². The maximum atomic E-state index is 14.9. The fraction of sp³-hybridized carbons (Fsp3) is 0.381. The summed E-state index contributed by atoms with van der Waals surface area (Å²) in [5.41, 5.74) is 3.31. The van der Waals surface area contributed by atoms with Gasteiger partial charge in [0.2, 0.25) is 0 Å². The molecule has 1 aromatic heterocycles. The summed E-state index contributed by atoms with van der Waals surface area (Å²) >= 11 is 0. The number of aliphatic imine (C=N–C) groups is 1. The molecule has 0 radical (unpaired) electrons. The van der Waals surface area contributed by atoms with Crippen molar-refractivity contribution >= 4 is 17.6 Å². The van der Waals surface area contributed by atoms with Crippen molar-refractivity contribution in [3.63, 3.8) is 0 Å². The van der Waals surface area contributed by atoms with Gasteiger partial charge in [0, 0.05) is 17.3 Å². The van der Waals surface area contributed by atoms with Gasteiger partial charge in [0.05, 0.1) is 24.8 Å². The number of nitrogens with zero attached hydrogens (tertiary/aromatic N) is 2. The van der Waals surface area contributed by atoms with E-state index >= 15 is 0 Å². The summed E-state index contributed by atoms with van der Waals surface area (Å²) in [4.78, 5) is 20.4. The van der Waals surface area contributed by atoms with E-state index < -0.39 is 52.7 Å². The molecule has 2 atom stereocenters. The maximum Gasteiger partial charge on any atom is 0.422 e. The second-order valence-corrected chi connectivity index (χ2v) is 8.21. The summed E-state index contributed by atoms with van der Waals surface area (Å²) in [5, 5.41) is 2.40. The summed E-state index contributed by atoms with van der Waals surface area (Å²) < 4.78 is 81.3.